The van der Waals surface area contributed by atoms with Crippen LogP contribution in [0.1, 0.15) is 38.5 Å². The van der Waals surface area contributed by atoms with Crippen LogP contribution in [0.5, 0.6) is 0 Å². The van der Waals surface area contributed by atoms with Crippen LogP contribution < -0.4 is 0 Å². The van der Waals surface area contributed by atoms with E-state index in [9.17, 15) is 23.1 Å². The van der Waals surface area contributed by atoms with Gasteiger partial charge in [-0.15, -0.1) is 6.58 Å². The van der Waals surface area contributed by atoms with Gasteiger partial charge in [0.25, 0.3) is 10.1 Å². The van der Waals surface area contributed by atoms with E-state index in [1.54, 1.807) is 0 Å². The molecule has 0 bridgehead atoms. The third kappa shape index (κ3) is 3.62. The van der Waals surface area contributed by atoms with Crippen molar-refractivity contribution in [2.24, 2.45) is 5.92 Å². The standard InChI is InChI=1S/C13H20O7S/c1-2-8-20-21(18,19)13(12(16)17,9-11(14)15)10-6-4-3-5-7-10/h2,10H,1,3-9H2,(H,14,15)(H,16,17). The summed E-state index contributed by atoms with van der Waals surface area (Å²) >= 11 is 0. The van der Waals surface area contributed by atoms with Gasteiger partial charge in [0.05, 0.1) is 13.0 Å². The van der Waals surface area contributed by atoms with E-state index in [2.05, 4.69) is 10.8 Å². The van der Waals surface area contributed by atoms with Crippen LogP contribution in [0.2, 0.25) is 0 Å². The van der Waals surface area contributed by atoms with Crippen molar-refractivity contribution in [2.75, 3.05) is 6.61 Å². The van der Waals surface area contributed by atoms with Crippen molar-refractivity contribution < 1.29 is 32.4 Å². The number of hydrogen-bond donors (Lipinski definition) is 2. The summed E-state index contributed by atoms with van der Waals surface area (Å²) in [7, 11) is -4.59. The van der Waals surface area contributed by atoms with Crippen molar-refractivity contribution in [3.63, 3.8) is 0 Å². The highest BCUT2D eigenvalue weighted by Crippen LogP contribution is 2.41. The van der Waals surface area contributed by atoms with Crippen LogP contribution in [0.25, 0.3) is 0 Å². The largest absolute Gasteiger partial charge is 0.481 e. The normalized spacial score (nSPS) is 19.6. The molecule has 0 amide bonds. The SMILES string of the molecule is C=CCOS(=O)(=O)C(CC(=O)O)(C(=O)O)C1CCCCC1. The number of hydrogen-bond acceptors (Lipinski definition) is 5. The molecular weight excluding hydrogens is 300 g/mol. The van der Waals surface area contributed by atoms with Crippen molar-refractivity contribution in [1.82, 2.24) is 0 Å². The fourth-order valence-electron chi connectivity index (χ4n) is 2.83. The Labute approximate surface area is 123 Å². The monoisotopic (exact) mass is 320 g/mol. The van der Waals surface area contributed by atoms with E-state index in [0.29, 0.717) is 25.7 Å². The topological polar surface area (TPSA) is 118 Å². The lowest BCUT2D eigenvalue weighted by Gasteiger charge is -2.36. The van der Waals surface area contributed by atoms with E-state index in [4.69, 9.17) is 5.11 Å². The Morgan fingerprint density at radius 3 is 2.24 bits per heavy atom. The first-order valence-corrected chi connectivity index (χ1v) is 8.14. The van der Waals surface area contributed by atoms with E-state index >= 15 is 0 Å². The zero-order valence-electron chi connectivity index (χ0n) is 11.7. The maximum Gasteiger partial charge on any atom is 0.328 e. The van der Waals surface area contributed by atoms with E-state index in [-0.39, 0.29) is 6.61 Å². The summed E-state index contributed by atoms with van der Waals surface area (Å²) in [6.45, 7) is 2.93. The maximum absolute atomic E-state index is 12.4. The van der Waals surface area contributed by atoms with Gasteiger partial charge in [0.15, 0.2) is 0 Å². The van der Waals surface area contributed by atoms with Crippen molar-refractivity contribution >= 4 is 22.1 Å². The average Bonchev–Trinajstić information content (AvgIpc) is 2.42. The molecule has 1 aliphatic carbocycles. The van der Waals surface area contributed by atoms with Gasteiger partial charge in [-0.3, -0.25) is 13.8 Å². The van der Waals surface area contributed by atoms with Gasteiger partial charge in [0, 0.05) is 0 Å². The lowest BCUT2D eigenvalue weighted by Crippen LogP contribution is -2.55. The molecule has 1 atom stereocenters. The molecule has 1 fully saturated rings. The molecule has 0 spiro atoms. The molecule has 1 saturated carbocycles. The third-order valence-electron chi connectivity index (χ3n) is 3.83. The van der Waals surface area contributed by atoms with Crippen LogP contribution in [-0.2, 0) is 23.9 Å². The lowest BCUT2D eigenvalue weighted by atomic mass is 9.78. The van der Waals surface area contributed by atoms with Gasteiger partial charge in [0.1, 0.15) is 0 Å². The van der Waals surface area contributed by atoms with Crippen LogP contribution in [0.15, 0.2) is 12.7 Å². The molecule has 0 aromatic carbocycles. The fraction of sp³-hybridized carbons (Fsp3) is 0.692. The van der Waals surface area contributed by atoms with E-state index < -0.39 is 39.1 Å². The highest BCUT2D eigenvalue weighted by molar-refractivity contribution is 7.89. The zero-order valence-corrected chi connectivity index (χ0v) is 12.5. The summed E-state index contributed by atoms with van der Waals surface area (Å²) in [5.74, 6) is -3.91. The molecule has 2 N–H and O–H groups in total. The van der Waals surface area contributed by atoms with Crippen molar-refractivity contribution in [1.29, 1.82) is 0 Å². The molecule has 8 heteroatoms. The Kier molecular flexibility index (Phi) is 5.91. The average molecular weight is 320 g/mol. The van der Waals surface area contributed by atoms with E-state index in [1.165, 1.54) is 6.08 Å². The molecule has 7 nitrogen and oxygen atoms in total. The molecule has 0 saturated heterocycles. The highest BCUT2D eigenvalue weighted by atomic mass is 32.2. The summed E-state index contributed by atoms with van der Waals surface area (Å²) in [6, 6.07) is 0. The number of carboxylic acid groups (broad SMARTS) is 2. The molecule has 1 rings (SSSR count). The first-order valence-electron chi connectivity index (χ1n) is 6.73. The van der Waals surface area contributed by atoms with Crippen LogP contribution >= 0.6 is 0 Å². The fourth-order valence-corrected chi connectivity index (χ4v) is 4.47. The van der Waals surface area contributed by atoms with Gasteiger partial charge < -0.3 is 10.2 Å². The Balaban J connectivity index is 3.32. The second kappa shape index (κ2) is 7.04. The minimum absolute atomic E-state index is 0.357. The minimum Gasteiger partial charge on any atom is -0.481 e. The molecular formula is C13H20O7S. The summed E-state index contributed by atoms with van der Waals surface area (Å²) in [5.41, 5.74) is 0. The lowest BCUT2D eigenvalue weighted by molar-refractivity contribution is -0.149. The molecule has 0 aliphatic heterocycles. The molecule has 0 heterocycles. The smallest absolute Gasteiger partial charge is 0.328 e. The van der Waals surface area contributed by atoms with Gasteiger partial charge in [-0.2, -0.15) is 8.42 Å². The first kappa shape index (κ1) is 17.6. The molecule has 21 heavy (non-hydrogen) atoms. The number of carboxylic acids is 2. The Morgan fingerprint density at radius 2 is 1.81 bits per heavy atom. The molecule has 120 valence electrons. The summed E-state index contributed by atoms with van der Waals surface area (Å²) < 4.78 is 27.0. The van der Waals surface area contributed by atoms with Crippen molar-refractivity contribution in [2.45, 2.75) is 43.3 Å². The van der Waals surface area contributed by atoms with Gasteiger partial charge in [0.2, 0.25) is 4.75 Å². The van der Waals surface area contributed by atoms with Crippen LogP contribution in [-0.4, -0.2) is 41.9 Å². The van der Waals surface area contributed by atoms with E-state index in [1.807, 2.05) is 0 Å². The molecule has 1 aliphatic rings. The Bertz CT molecular complexity index is 505. The second-order valence-electron chi connectivity index (χ2n) is 5.13. The van der Waals surface area contributed by atoms with Crippen LogP contribution in [0.3, 0.4) is 0 Å². The van der Waals surface area contributed by atoms with Crippen molar-refractivity contribution in [3.05, 3.63) is 12.7 Å². The second-order valence-corrected chi connectivity index (χ2v) is 7.00. The highest BCUT2D eigenvalue weighted by Gasteiger charge is 2.58. The number of carbonyl (C=O) groups is 2. The quantitative estimate of drug-likeness (QED) is 0.512. The summed E-state index contributed by atoms with van der Waals surface area (Å²) in [4.78, 5) is 22.8. The summed E-state index contributed by atoms with van der Waals surface area (Å²) in [6.07, 6.45) is 3.12. The Hall–Kier alpha value is -1.41. The maximum atomic E-state index is 12.4. The number of aliphatic carboxylic acids is 2. The van der Waals surface area contributed by atoms with E-state index in [0.717, 1.165) is 6.42 Å². The van der Waals surface area contributed by atoms with Crippen LogP contribution in [0, 0.1) is 5.92 Å². The predicted molar refractivity (Wildman–Crippen MR) is 74.3 cm³/mol. The Morgan fingerprint density at radius 1 is 1.24 bits per heavy atom. The van der Waals surface area contributed by atoms with Gasteiger partial charge in [-0.1, -0.05) is 25.3 Å². The van der Waals surface area contributed by atoms with Crippen LogP contribution in [0.4, 0.5) is 0 Å². The summed E-state index contributed by atoms with van der Waals surface area (Å²) in [5, 5.41) is 18.5. The zero-order chi connectivity index (χ0) is 16.1. The first-order chi connectivity index (χ1) is 9.78. The number of rotatable bonds is 8. The van der Waals surface area contributed by atoms with Gasteiger partial charge >= 0.3 is 11.9 Å². The molecule has 0 aromatic rings. The third-order valence-corrected chi connectivity index (χ3v) is 5.82. The minimum atomic E-state index is -4.59. The molecule has 0 radical (unpaired) electrons. The molecule has 0 aromatic heterocycles. The predicted octanol–water partition coefficient (Wildman–Crippen LogP) is 1.40. The van der Waals surface area contributed by atoms with Gasteiger partial charge in [-0.25, -0.2) is 0 Å². The molecule has 1 unspecified atom stereocenters. The van der Waals surface area contributed by atoms with Crippen molar-refractivity contribution in [3.8, 4) is 0 Å². The van der Waals surface area contributed by atoms with Gasteiger partial charge in [-0.05, 0) is 18.8 Å².